The molecule has 21 heavy (non-hydrogen) atoms. The molecule has 0 atom stereocenters. The fourth-order valence-electron chi connectivity index (χ4n) is 2.27. The van der Waals surface area contributed by atoms with E-state index < -0.39 is 17.2 Å². The number of hydrogen-bond acceptors (Lipinski definition) is 4. The molecule has 1 aliphatic rings. The number of nitrogens with zero attached hydrogens (tertiary/aromatic N) is 1. The molecule has 6 nitrogen and oxygen atoms in total. The molecule has 0 aromatic carbocycles. The van der Waals surface area contributed by atoms with Gasteiger partial charge in [-0.15, -0.1) is 0 Å². The van der Waals surface area contributed by atoms with Gasteiger partial charge in [-0.2, -0.15) is 0 Å². The molecular formula is C15H25N3O3. The number of nitrogens with one attached hydrogen (secondary N) is 2. The van der Waals surface area contributed by atoms with Crippen LogP contribution in [0.25, 0.3) is 0 Å². The molecule has 1 rings (SSSR count). The van der Waals surface area contributed by atoms with Crippen molar-refractivity contribution in [2.75, 3.05) is 6.54 Å². The Bertz CT molecular complexity index is 487. The Hall–Kier alpha value is -1.85. The lowest BCUT2D eigenvalue weighted by atomic mass is 9.95. The second-order valence-corrected chi connectivity index (χ2v) is 6.57. The molecule has 2 N–H and O–H groups in total. The van der Waals surface area contributed by atoms with Gasteiger partial charge in [0.15, 0.2) is 0 Å². The van der Waals surface area contributed by atoms with Crippen LogP contribution in [-0.2, 0) is 9.53 Å². The monoisotopic (exact) mass is 295 g/mol. The van der Waals surface area contributed by atoms with E-state index in [-0.39, 0.29) is 6.54 Å². The number of carbonyl (C=O) groups is 2. The van der Waals surface area contributed by atoms with E-state index in [1.165, 1.54) is 4.90 Å². The molecule has 0 unspecified atom stereocenters. The molecule has 6 heteroatoms. The highest BCUT2D eigenvalue weighted by Crippen LogP contribution is 2.32. The van der Waals surface area contributed by atoms with Gasteiger partial charge in [-0.1, -0.05) is 6.92 Å². The van der Waals surface area contributed by atoms with Gasteiger partial charge in [0.2, 0.25) is 6.41 Å². The number of carbonyl (C=O) groups excluding carboxylic acids is 2. The molecule has 2 amide bonds. The van der Waals surface area contributed by atoms with Crippen LogP contribution in [0.5, 0.6) is 0 Å². The van der Waals surface area contributed by atoms with Gasteiger partial charge in [0, 0.05) is 11.3 Å². The summed E-state index contributed by atoms with van der Waals surface area (Å²) in [6.45, 7) is 11.2. The van der Waals surface area contributed by atoms with Crippen LogP contribution in [0.3, 0.4) is 0 Å². The Labute approximate surface area is 126 Å². The number of allylic oxidation sites excluding steroid dienone is 1. The summed E-state index contributed by atoms with van der Waals surface area (Å²) < 4.78 is 5.41. The summed E-state index contributed by atoms with van der Waals surface area (Å²) in [6, 6.07) is 0. The van der Waals surface area contributed by atoms with Crippen molar-refractivity contribution in [2.24, 2.45) is 0 Å². The highest BCUT2D eigenvalue weighted by Gasteiger charge is 2.45. The van der Waals surface area contributed by atoms with Gasteiger partial charge in [0.1, 0.15) is 5.60 Å². The van der Waals surface area contributed by atoms with Crippen molar-refractivity contribution in [1.82, 2.24) is 10.2 Å². The first-order chi connectivity index (χ1) is 9.54. The smallest absolute Gasteiger partial charge is 0.411 e. The van der Waals surface area contributed by atoms with Crippen molar-refractivity contribution in [3.8, 4) is 0 Å². The third-order valence-electron chi connectivity index (χ3n) is 3.47. The summed E-state index contributed by atoms with van der Waals surface area (Å²) in [5.41, 5.74) is 0.341. The molecule has 0 radical (unpaired) electrons. The maximum Gasteiger partial charge on any atom is 0.411 e. The largest absolute Gasteiger partial charge is 0.444 e. The van der Waals surface area contributed by atoms with Gasteiger partial charge >= 0.3 is 6.09 Å². The fourth-order valence-corrected chi connectivity index (χ4v) is 2.27. The fraction of sp³-hybridized carbons (Fsp3) is 0.667. The van der Waals surface area contributed by atoms with Crippen LogP contribution in [0, 0.1) is 5.41 Å². The normalized spacial score (nSPS) is 20.3. The van der Waals surface area contributed by atoms with Crippen LogP contribution >= 0.6 is 0 Å². The third kappa shape index (κ3) is 3.62. The topological polar surface area (TPSA) is 82.5 Å². The number of rotatable bonds is 3. The molecule has 0 aromatic heterocycles. The van der Waals surface area contributed by atoms with Crippen LogP contribution in [0.1, 0.15) is 48.0 Å². The van der Waals surface area contributed by atoms with Crippen molar-refractivity contribution in [2.45, 2.75) is 59.1 Å². The van der Waals surface area contributed by atoms with Gasteiger partial charge in [-0.3, -0.25) is 9.69 Å². The van der Waals surface area contributed by atoms with Gasteiger partial charge in [0.05, 0.1) is 17.8 Å². The number of amides is 2. The average molecular weight is 295 g/mol. The van der Waals surface area contributed by atoms with Crippen LogP contribution < -0.4 is 5.32 Å². The quantitative estimate of drug-likeness (QED) is 0.784. The van der Waals surface area contributed by atoms with Crippen molar-refractivity contribution in [3.63, 3.8) is 0 Å². The lowest BCUT2D eigenvalue weighted by Gasteiger charge is -2.32. The lowest BCUT2D eigenvalue weighted by molar-refractivity contribution is -0.109. The van der Waals surface area contributed by atoms with Gasteiger partial charge in [-0.25, -0.2) is 4.79 Å². The minimum atomic E-state index is -0.761. The summed E-state index contributed by atoms with van der Waals surface area (Å²) in [4.78, 5) is 24.5. The Morgan fingerprint density at radius 2 is 2.05 bits per heavy atom. The van der Waals surface area contributed by atoms with Crippen molar-refractivity contribution >= 4 is 18.2 Å². The van der Waals surface area contributed by atoms with E-state index in [0.717, 1.165) is 0 Å². The number of ether oxygens (including phenoxy) is 1. The standard InChI is InChI=1S/C15H25N3O3/c1-7-11(17-9-19)10-8-18(15(5,6)12(10)16)13(20)21-14(2,3)4/h9,16H,7-8H2,1-6H3,(H,17,19)/b11-10-,16-12?. The van der Waals surface area contributed by atoms with Gasteiger partial charge in [-0.05, 0) is 41.0 Å². The minimum absolute atomic E-state index is 0.269. The van der Waals surface area contributed by atoms with E-state index in [1.54, 1.807) is 13.8 Å². The van der Waals surface area contributed by atoms with Crippen molar-refractivity contribution < 1.29 is 14.3 Å². The maximum atomic E-state index is 12.3. The lowest BCUT2D eigenvalue weighted by Crippen LogP contribution is -2.48. The molecule has 1 heterocycles. The highest BCUT2D eigenvalue weighted by molar-refractivity contribution is 6.09. The van der Waals surface area contributed by atoms with Crippen LogP contribution in [-0.4, -0.2) is 40.8 Å². The molecule has 1 saturated heterocycles. The Kier molecular flexibility index (Phi) is 4.81. The van der Waals surface area contributed by atoms with Crippen LogP contribution in [0.2, 0.25) is 0 Å². The predicted molar refractivity (Wildman–Crippen MR) is 81.3 cm³/mol. The summed E-state index contributed by atoms with van der Waals surface area (Å²) in [7, 11) is 0. The summed E-state index contributed by atoms with van der Waals surface area (Å²) in [5, 5.41) is 10.9. The first kappa shape index (κ1) is 17.2. The molecule has 1 aliphatic heterocycles. The SMILES string of the molecule is CC/C(NC=O)=C1\CN(C(=O)OC(C)(C)C)C(C)(C)C1=N. The summed E-state index contributed by atoms with van der Waals surface area (Å²) in [5.74, 6) is 0. The first-order valence-corrected chi connectivity index (χ1v) is 7.06. The summed E-state index contributed by atoms with van der Waals surface area (Å²) >= 11 is 0. The molecule has 118 valence electrons. The van der Waals surface area contributed by atoms with E-state index in [1.807, 2.05) is 27.7 Å². The zero-order chi connectivity index (χ0) is 16.4. The van der Waals surface area contributed by atoms with E-state index >= 15 is 0 Å². The van der Waals surface area contributed by atoms with Gasteiger partial charge in [0.25, 0.3) is 0 Å². The van der Waals surface area contributed by atoms with Crippen LogP contribution in [0.15, 0.2) is 11.3 Å². The molecule has 0 bridgehead atoms. The average Bonchev–Trinajstić information content (AvgIpc) is 2.57. The van der Waals surface area contributed by atoms with E-state index in [0.29, 0.717) is 29.8 Å². The van der Waals surface area contributed by atoms with Crippen molar-refractivity contribution in [3.05, 3.63) is 11.3 Å². The summed E-state index contributed by atoms with van der Waals surface area (Å²) in [6.07, 6.45) is 0.741. The molecule has 1 fully saturated rings. The Morgan fingerprint density at radius 1 is 1.48 bits per heavy atom. The molecular weight excluding hydrogens is 270 g/mol. The maximum absolute atomic E-state index is 12.3. The predicted octanol–water partition coefficient (Wildman–Crippen LogP) is 2.45. The Balaban J connectivity index is 3.13. The van der Waals surface area contributed by atoms with Crippen LogP contribution in [0.4, 0.5) is 4.79 Å². The Morgan fingerprint density at radius 3 is 2.48 bits per heavy atom. The third-order valence-corrected chi connectivity index (χ3v) is 3.47. The van der Waals surface area contributed by atoms with E-state index in [2.05, 4.69) is 5.32 Å². The van der Waals surface area contributed by atoms with Gasteiger partial charge < -0.3 is 15.5 Å². The number of hydrogen-bond donors (Lipinski definition) is 2. The second-order valence-electron chi connectivity index (χ2n) is 6.57. The highest BCUT2D eigenvalue weighted by atomic mass is 16.6. The first-order valence-electron chi connectivity index (χ1n) is 7.06. The molecule has 0 saturated carbocycles. The zero-order valence-electron chi connectivity index (χ0n) is 13.7. The molecule has 0 aliphatic carbocycles. The molecule has 0 spiro atoms. The molecule has 0 aromatic rings. The van der Waals surface area contributed by atoms with E-state index in [4.69, 9.17) is 10.1 Å². The van der Waals surface area contributed by atoms with E-state index in [9.17, 15) is 9.59 Å². The second kappa shape index (κ2) is 5.87. The number of likely N-dealkylation sites (tertiary alicyclic amines) is 1. The zero-order valence-corrected chi connectivity index (χ0v) is 13.7. The van der Waals surface area contributed by atoms with Crippen molar-refractivity contribution in [1.29, 1.82) is 5.41 Å². The minimum Gasteiger partial charge on any atom is -0.444 e.